The Morgan fingerprint density at radius 2 is 1.70 bits per heavy atom. The molecule has 0 unspecified atom stereocenters. The minimum atomic E-state index is -1.23. The van der Waals surface area contributed by atoms with E-state index in [0.717, 1.165) is 48.0 Å². The summed E-state index contributed by atoms with van der Waals surface area (Å²) >= 11 is 3.48. The van der Waals surface area contributed by atoms with Gasteiger partial charge in [0.2, 0.25) is 5.91 Å². The number of piperidine rings is 1. The number of halogens is 1. The van der Waals surface area contributed by atoms with Gasteiger partial charge in [-0.05, 0) is 69.4 Å². The summed E-state index contributed by atoms with van der Waals surface area (Å²) in [5, 5.41) is 19.0. The van der Waals surface area contributed by atoms with Crippen molar-refractivity contribution in [1.82, 2.24) is 14.7 Å². The first kappa shape index (κ1) is 30.7. The van der Waals surface area contributed by atoms with Crippen LogP contribution in [0.2, 0.25) is 0 Å². The van der Waals surface area contributed by atoms with E-state index in [-0.39, 0.29) is 30.8 Å². The summed E-state index contributed by atoms with van der Waals surface area (Å²) in [5.41, 5.74) is 1.08. The smallest absolute Gasteiger partial charge is 0.407 e. The van der Waals surface area contributed by atoms with Crippen LogP contribution in [0.4, 0.5) is 10.5 Å². The van der Waals surface area contributed by atoms with Crippen molar-refractivity contribution in [3.63, 3.8) is 0 Å². The average molecular weight is 653 g/mol. The van der Waals surface area contributed by atoms with E-state index < -0.39 is 11.7 Å². The van der Waals surface area contributed by atoms with E-state index in [2.05, 4.69) is 39.0 Å². The number of nitrogens with zero attached hydrogens (tertiary/aromatic N) is 5. The molecule has 2 heterocycles. The molecule has 11 heteroatoms. The van der Waals surface area contributed by atoms with Crippen molar-refractivity contribution in [3.05, 3.63) is 58.1 Å². The van der Waals surface area contributed by atoms with Gasteiger partial charge in [0.15, 0.2) is 5.60 Å². The fraction of sp³-hybridized carbons (Fsp3) is 0.500. The molecule has 0 spiro atoms. The third-order valence-corrected chi connectivity index (χ3v) is 8.95. The summed E-state index contributed by atoms with van der Waals surface area (Å²) in [6.07, 6.45) is 2.75. The predicted octanol–water partition coefficient (Wildman–Crippen LogP) is 4.71. The van der Waals surface area contributed by atoms with Crippen molar-refractivity contribution in [2.75, 3.05) is 44.2 Å². The number of rotatable bonds is 8. The van der Waals surface area contributed by atoms with E-state index in [1.165, 1.54) is 4.90 Å². The van der Waals surface area contributed by atoms with Crippen LogP contribution in [-0.4, -0.2) is 88.6 Å². The van der Waals surface area contributed by atoms with Gasteiger partial charge in [-0.3, -0.25) is 9.59 Å². The van der Waals surface area contributed by atoms with Gasteiger partial charge in [-0.1, -0.05) is 28.1 Å². The zero-order chi connectivity index (χ0) is 30.7. The fourth-order valence-electron chi connectivity index (χ4n) is 5.92. The Kier molecular flexibility index (Phi) is 9.16. The molecule has 5 rings (SSSR count). The third kappa shape index (κ3) is 7.42. The molecule has 2 aliphatic heterocycles. The average Bonchev–Trinajstić information content (AvgIpc) is 3.85. The number of ether oxygens (including phenoxy) is 1. The Bertz CT molecular complexity index is 1400. The van der Waals surface area contributed by atoms with Crippen LogP contribution < -0.4 is 9.64 Å². The van der Waals surface area contributed by atoms with Gasteiger partial charge in [-0.2, -0.15) is 5.26 Å². The van der Waals surface area contributed by atoms with Crippen LogP contribution in [0.1, 0.15) is 50.7 Å². The zero-order valence-electron chi connectivity index (χ0n) is 24.7. The highest BCUT2D eigenvalue weighted by molar-refractivity contribution is 9.10. The second kappa shape index (κ2) is 12.8. The van der Waals surface area contributed by atoms with Crippen molar-refractivity contribution in [1.29, 1.82) is 5.26 Å². The summed E-state index contributed by atoms with van der Waals surface area (Å²) in [6, 6.07) is 15.9. The molecule has 3 amide bonds. The van der Waals surface area contributed by atoms with E-state index in [0.29, 0.717) is 43.5 Å². The summed E-state index contributed by atoms with van der Waals surface area (Å²) in [5.74, 6) is 0.191. The molecule has 2 saturated heterocycles. The Morgan fingerprint density at radius 3 is 2.33 bits per heavy atom. The number of nitriles is 1. The molecular formula is C32H38BrN5O5. The van der Waals surface area contributed by atoms with Crippen LogP contribution in [0.15, 0.2) is 46.9 Å². The Labute approximate surface area is 260 Å². The summed E-state index contributed by atoms with van der Waals surface area (Å²) < 4.78 is 7.23. The first-order valence-corrected chi connectivity index (χ1v) is 15.6. The van der Waals surface area contributed by atoms with E-state index in [1.807, 2.05) is 23.1 Å². The Hall–Kier alpha value is -3.78. The highest BCUT2D eigenvalue weighted by atomic mass is 79.9. The van der Waals surface area contributed by atoms with Crippen LogP contribution in [0.3, 0.4) is 0 Å². The van der Waals surface area contributed by atoms with Gasteiger partial charge < -0.3 is 29.4 Å². The van der Waals surface area contributed by atoms with Gasteiger partial charge in [0.05, 0.1) is 17.6 Å². The van der Waals surface area contributed by atoms with Crippen molar-refractivity contribution in [2.24, 2.45) is 5.92 Å². The standard InChI is InChI=1S/C32H38BrN5O5/c1-32(2,30(40)35-12-14-36(15-13-35)31(41)42)43-28-17-23(19-34)16-27(18-28)37-11-3-4-24(21-37)29(39)38(26-9-10-26)20-22-5-7-25(33)8-6-22/h5-8,16-18,24,26H,3-4,9-15,20-21H2,1-2H3,(H,41,42)/t24-/m1/s1. The van der Waals surface area contributed by atoms with Gasteiger partial charge in [-0.15, -0.1) is 0 Å². The van der Waals surface area contributed by atoms with E-state index in [4.69, 9.17) is 4.74 Å². The predicted molar refractivity (Wildman–Crippen MR) is 165 cm³/mol. The Balaban J connectivity index is 1.28. The van der Waals surface area contributed by atoms with E-state index in [1.54, 1.807) is 30.9 Å². The van der Waals surface area contributed by atoms with Crippen molar-refractivity contribution >= 4 is 39.5 Å². The number of benzene rings is 2. The summed E-state index contributed by atoms with van der Waals surface area (Å²) in [7, 11) is 0. The highest BCUT2D eigenvalue weighted by Gasteiger charge is 2.39. The minimum Gasteiger partial charge on any atom is -0.478 e. The van der Waals surface area contributed by atoms with Crippen LogP contribution in [-0.2, 0) is 16.1 Å². The molecule has 0 bridgehead atoms. The number of hydrogen-bond donors (Lipinski definition) is 1. The van der Waals surface area contributed by atoms with Crippen molar-refractivity contribution < 1.29 is 24.2 Å². The number of carbonyl (C=O) groups is 3. The Morgan fingerprint density at radius 1 is 1.02 bits per heavy atom. The molecule has 1 saturated carbocycles. The van der Waals surface area contributed by atoms with Crippen LogP contribution in [0.5, 0.6) is 5.75 Å². The van der Waals surface area contributed by atoms with Gasteiger partial charge in [-0.25, -0.2) is 4.79 Å². The first-order valence-electron chi connectivity index (χ1n) is 14.9. The molecule has 10 nitrogen and oxygen atoms in total. The second-order valence-corrected chi connectivity index (χ2v) is 13.0. The number of amides is 3. The maximum Gasteiger partial charge on any atom is 0.407 e. The van der Waals surface area contributed by atoms with Crippen molar-refractivity contribution in [3.8, 4) is 11.8 Å². The van der Waals surface area contributed by atoms with Crippen LogP contribution in [0.25, 0.3) is 0 Å². The first-order chi connectivity index (χ1) is 20.5. The molecule has 43 heavy (non-hydrogen) atoms. The maximum atomic E-state index is 13.8. The van der Waals surface area contributed by atoms with Crippen LogP contribution >= 0.6 is 15.9 Å². The molecule has 1 aliphatic carbocycles. The molecule has 2 aromatic rings. The monoisotopic (exact) mass is 651 g/mol. The van der Waals surface area contributed by atoms with Gasteiger partial charge in [0, 0.05) is 68.1 Å². The number of carbonyl (C=O) groups excluding carboxylic acids is 2. The van der Waals surface area contributed by atoms with Crippen molar-refractivity contribution in [2.45, 2.75) is 57.7 Å². The molecule has 0 radical (unpaired) electrons. The molecule has 1 atom stereocenters. The van der Waals surface area contributed by atoms with E-state index >= 15 is 0 Å². The van der Waals surface area contributed by atoms with Gasteiger partial charge in [0.25, 0.3) is 5.91 Å². The number of piperazine rings is 1. The quantitative estimate of drug-likeness (QED) is 0.439. The molecule has 228 valence electrons. The lowest BCUT2D eigenvalue weighted by atomic mass is 9.95. The molecule has 1 N–H and O–H groups in total. The third-order valence-electron chi connectivity index (χ3n) is 8.42. The molecule has 3 fully saturated rings. The fourth-order valence-corrected chi connectivity index (χ4v) is 6.18. The molecule has 3 aliphatic rings. The van der Waals surface area contributed by atoms with Gasteiger partial charge >= 0.3 is 6.09 Å². The largest absolute Gasteiger partial charge is 0.478 e. The lowest BCUT2D eigenvalue weighted by Gasteiger charge is -2.38. The maximum absolute atomic E-state index is 13.8. The lowest BCUT2D eigenvalue weighted by molar-refractivity contribution is -0.147. The number of anilines is 1. The van der Waals surface area contributed by atoms with Crippen LogP contribution in [0, 0.1) is 17.2 Å². The summed E-state index contributed by atoms with van der Waals surface area (Å²) in [6.45, 7) is 6.37. The topological polar surface area (TPSA) is 117 Å². The highest BCUT2D eigenvalue weighted by Crippen LogP contribution is 2.34. The zero-order valence-corrected chi connectivity index (χ0v) is 26.3. The lowest BCUT2D eigenvalue weighted by Crippen LogP contribution is -2.56. The minimum absolute atomic E-state index is 0.151. The molecule has 0 aromatic heterocycles. The SMILES string of the molecule is CC(C)(Oc1cc(C#N)cc(N2CCC[C@@H](C(=O)N(Cc3ccc(Br)cc3)C3CC3)C2)c1)C(=O)N1CCN(C(=O)O)CC1. The van der Waals surface area contributed by atoms with E-state index in [9.17, 15) is 24.8 Å². The number of hydrogen-bond acceptors (Lipinski definition) is 6. The second-order valence-electron chi connectivity index (χ2n) is 12.1. The normalized spacial score (nSPS) is 19.0. The number of carboxylic acid groups (broad SMARTS) is 1. The molecule has 2 aromatic carbocycles. The van der Waals surface area contributed by atoms with Gasteiger partial charge in [0.1, 0.15) is 5.75 Å². The summed E-state index contributed by atoms with van der Waals surface area (Å²) in [4.78, 5) is 45.5. The molecular weight excluding hydrogens is 614 g/mol.